The van der Waals surface area contributed by atoms with Crippen molar-refractivity contribution >= 4 is 16.9 Å². The van der Waals surface area contributed by atoms with Crippen molar-refractivity contribution in [1.29, 1.82) is 0 Å². The Morgan fingerprint density at radius 1 is 1.14 bits per heavy atom. The first-order chi connectivity index (χ1) is 14.2. The number of fused-ring (bicyclic) bond motifs is 2. The first kappa shape index (κ1) is 17.6. The number of halogens is 1. The van der Waals surface area contributed by atoms with Crippen LogP contribution >= 0.6 is 0 Å². The summed E-state index contributed by atoms with van der Waals surface area (Å²) in [4.78, 5) is 8.61. The SMILES string of the molecule is COc1ccc(-c2nn(C3CCc4ccccc4C3)c3ncnc(N)c23)cc1F. The second kappa shape index (κ2) is 6.84. The van der Waals surface area contributed by atoms with Crippen LogP contribution in [0.1, 0.15) is 23.6 Å². The minimum Gasteiger partial charge on any atom is -0.494 e. The van der Waals surface area contributed by atoms with Gasteiger partial charge in [-0.15, -0.1) is 0 Å². The first-order valence-electron chi connectivity index (χ1n) is 9.55. The Kier molecular flexibility index (Phi) is 4.16. The highest BCUT2D eigenvalue weighted by molar-refractivity contribution is 5.98. The molecule has 1 aliphatic carbocycles. The Hall–Kier alpha value is -3.48. The van der Waals surface area contributed by atoms with Gasteiger partial charge in [-0.25, -0.2) is 19.0 Å². The standard InChI is InChI=1S/C22H20FN5O/c1-29-18-9-7-15(11-17(18)23)20-19-21(24)25-12-26-22(19)28(27-20)16-8-6-13-4-2-3-5-14(13)10-16/h2-5,7,9,11-12,16H,6,8,10H2,1H3,(H2,24,25,26). The zero-order chi connectivity index (χ0) is 20.0. The van der Waals surface area contributed by atoms with Gasteiger partial charge in [0.15, 0.2) is 17.2 Å². The Morgan fingerprint density at radius 2 is 1.97 bits per heavy atom. The van der Waals surface area contributed by atoms with Crippen molar-refractivity contribution in [2.75, 3.05) is 12.8 Å². The number of rotatable bonds is 3. The van der Waals surface area contributed by atoms with Crippen LogP contribution in [-0.4, -0.2) is 26.9 Å². The quantitative estimate of drug-likeness (QED) is 0.574. The molecule has 1 aliphatic rings. The van der Waals surface area contributed by atoms with Crippen LogP contribution in [0.25, 0.3) is 22.3 Å². The molecule has 7 heteroatoms. The van der Waals surface area contributed by atoms with Gasteiger partial charge in [0.25, 0.3) is 0 Å². The van der Waals surface area contributed by atoms with Crippen LogP contribution < -0.4 is 10.5 Å². The molecule has 2 aromatic heterocycles. The average molecular weight is 389 g/mol. The monoisotopic (exact) mass is 389 g/mol. The van der Waals surface area contributed by atoms with Gasteiger partial charge in [-0.3, -0.25) is 0 Å². The van der Waals surface area contributed by atoms with E-state index in [1.165, 1.54) is 30.6 Å². The molecular formula is C22H20FN5O. The second-order valence-corrected chi connectivity index (χ2v) is 7.27. The molecule has 146 valence electrons. The first-order valence-corrected chi connectivity index (χ1v) is 9.55. The molecule has 0 aliphatic heterocycles. The summed E-state index contributed by atoms with van der Waals surface area (Å²) in [7, 11) is 1.44. The molecule has 1 atom stereocenters. The molecule has 0 saturated heterocycles. The molecule has 1 unspecified atom stereocenters. The van der Waals surface area contributed by atoms with Crippen molar-refractivity contribution < 1.29 is 9.13 Å². The highest BCUT2D eigenvalue weighted by Crippen LogP contribution is 2.36. The lowest BCUT2D eigenvalue weighted by Crippen LogP contribution is -2.20. The maximum Gasteiger partial charge on any atom is 0.165 e. The highest BCUT2D eigenvalue weighted by Gasteiger charge is 2.26. The summed E-state index contributed by atoms with van der Waals surface area (Å²) in [5, 5.41) is 5.49. The zero-order valence-electron chi connectivity index (χ0n) is 16.0. The molecule has 2 N–H and O–H groups in total. The van der Waals surface area contributed by atoms with Crippen molar-refractivity contribution in [3.8, 4) is 17.0 Å². The van der Waals surface area contributed by atoms with E-state index in [1.807, 2.05) is 4.68 Å². The lowest BCUT2D eigenvalue weighted by Gasteiger charge is -2.25. The number of aryl methyl sites for hydroxylation is 1. The van der Waals surface area contributed by atoms with Gasteiger partial charge in [0.2, 0.25) is 0 Å². The van der Waals surface area contributed by atoms with Gasteiger partial charge in [-0.05, 0) is 48.6 Å². The number of anilines is 1. The summed E-state index contributed by atoms with van der Waals surface area (Å²) in [6.07, 6.45) is 4.25. The van der Waals surface area contributed by atoms with Gasteiger partial charge >= 0.3 is 0 Å². The van der Waals surface area contributed by atoms with Gasteiger partial charge < -0.3 is 10.5 Å². The summed E-state index contributed by atoms with van der Waals surface area (Å²) in [6.45, 7) is 0. The number of ether oxygens (including phenoxy) is 1. The van der Waals surface area contributed by atoms with E-state index in [9.17, 15) is 4.39 Å². The van der Waals surface area contributed by atoms with Gasteiger partial charge in [0.05, 0.1) is 18.5 Å². The number of nitrogens with zero attached hydrogens (tertiary/aromatic N) is 4. The molecule has 29 heavy (non-hydrogen) atoms. The Morgan fingerprint density at radius 3 is 2.76 bits per heavy atom. The third-order valence-corrected chi connectivity index (χ3v) is 5.61. The van der Waals surface area contributed by atoms with E-state index in [0.717, 1.165) is 19.3 Å². The molecule has 2 aromatic carbocycles. The summed E-state index contributed by atoms with van der Waals surface area (Å²) < 4.78 is 21.3. The number of aromatic nitrogens is 4. The summed E-state index contributed by atoms with van der Waals surface area (Å²) in [5.74, 6) is 0.0731. The molecule has 0 saturated carbocycles. The van der Waals surface area contributed by atoms with Crippen molar-refractivity contribution in [3.63, 3.8) is 0 Å². The third-order valence-electron chi connectivity index (χ3n) is 5.61. The predicted molar refractivity (Wildman–Crippen MR) is 109 cm³/mol. The van der Waals surface area contributed by atoms with E-state index in [2.05, 4.69) is 34.2 Å². The molecule has 0 fully saturated rings. The predicted octanol–water partition coefficient (Wildman–Crippen LogP) is 3.95. The number of hydrogen-bond acceptors (Lipinski definition) is 5. The van der Waals surface area contributed by atoms with E-state index >= 15 is 0 Å². The second-order valence-electron chi connectivity index (χ2n) is 7.27. The van der Waals surface area contributed by atoms with Crippen LogP contribution in [-0.2, 0) is 12.8 Å². The number of benzene rings is 2. The minimum absolute atomic E-state index is 0.151. The number of hydrogen-bond donors (Lipinski definition) is 1. The zero-order valence-corrected chi connectivity index (χ0v) is 16.0. The van der Waals surface area contributed by atoms with E-state index < -0.39 is 5.82 Å². The largest absolute Gasteiger partial charge is 0.494 e. The van der Waals surface area contributed by atoms with Crippen LogP contribution in [0.3, 0.4) is 0 Å². The molecule has 0 radical (unpaired) electrons. The molecular weight excluding hydrogens is 369 g/mol. The lowest BCUT2D eigenvalue weighted by atomic mass is 9.88. The fraction of sp³-hybridized carbons (Fsp3) is 0.227. The van der Waals surface area contributed by atoms with Crippen molar-refractivity contribution in [2.45, 2.75) is 25.3 Å². The molecule has 0 bridgehead atoms. The summed E-state index contributed by atoms with van der Waals surface area (Å²) in [5.41, 5.74) is 10.8. The minimum atomic E-state index is -0.449. The smallest absolute Gasteiger partial charge is 0.165 e. The molecule has 5 rings (SSSR count). The number of nitrogen functional groups attached to an aromatic ring is 1. The van der Waals surface area contributed by atoms with Gasteiger partial charge in [0, 0.05) is 5.56 Å². The number of nitrogens with two attached hydrogens (primary N) is 1. The maximum atomic E-state index is 14.3. The topological polar surface area (TPSA) is 78.8 Å². The third kappa shape index (κ3) is 2.90. The van der Waals surface area contributed by atoms with Gasteiger partial charge in [-0.2, -0.15) is 5.10 Å². The molecule has 2 heterocycles. The van der Waals surface area contributed by atoms with E-state index in [-0.39, 0.29) is 11.8 Å². The Bertz CT molecular complexity index is 1220. The van der Waals surface area contributed by atoms with Crippen LogP contribution in [0.4, 0.5) is 10.2 Å². The van der Waals surface area contributed by atoms with Crippen LogP contribution in [0.15, 0.2) is 48.8 Å². The van der Waals surface area contributed by atoms with Crippen molar-refractivity contribution in [2.24, 2.45) is 0 Å². The summed E-state index contributed by atoms with van der Waals surface area (Å²) >= 11 is 0. The van der Waals surface area contributed by atoms with Gasteiger partial charge in [-0.1, -0.05) is 24.3 Å². The van der Waals surface area contributed by atoms with E-state index in [4.69, 9.17) is 15.6 Å². The maximum absolute atomic E-state index is 14.3. The average Bonchev–Trinajstić information content (AvgIpc) is 3.14. The highest BCUT2D eigenvalue weighted by atomic mass is 19.1. The van der Waals surface area contributed by atoms with Crippen molar-refractivity contribution in [3.05, 3.63) is 65.7 Å². The lowest BCUT2D eigenvalue weighted by molar-refractivity contribution is 0.386. The van der Waals surface area contributed by atoms with E-state index in [1.54, 1.807) is 12.1 Å². The fourth-order valence-corrected chi connectivity index (χ4v) is 4.15. The number of methoxy groups -OCH3 is 1. The van der Waals surface area contributed by atoms with Crippen LogP contribution in [0, 0.1) is 5.82 Å². The van der Waals surface area contributed by atoms with E-state index in [0.29, 0.717) is 28.1 Å². The fourth-order valence-electron chi connectivity index (χ4n) is 4.15. The summed E-state index contributed by atoms with van der Waals surface area (Å²) in [6, 6.07) is 13.4. The van der Waals surface area contributed by atoms with Crippen LogP contribution in [0.5, 0.6) is 5.75 Å². The molecule has 4 aromatic rings. The molecule has 6 nitrogen and oxygen atoms in total. The Balaban J connectivity index is 1.65. The van der Waals surface area contributed by atoms with Gasteiger partial charge in [0.1, 0.15) is 17.8 Å². The normalized spacial score (nSPS) is 16.0. The van der Waals surface area contributed by atoms with Crippen molar-refractivity contribution in [1.82, 2.24) is 19.7 Å². The molecule has 0 spiro atoms. The Labute approximate surface area is 167 Å². The van der Waals surface area contributed by atoms with Crippen LogP contribution in [0.2, 0.25) is 0 Å². The molecule has 0 amide bonds.